The number of alkyl halides is 1. The molecule has 2 aromatic rings. The zero-order valence-corrected chi connectivity index (χ0v) is 10.2. The third-order valence-corrected chi connectivity index (χ3v) is 3.30. The average molecular weight is 232 g/mol. The first-order valence-corrected chi connectivity index (χ1v) is 5.73. The van der Waals surface area contributed by atoms with Crippen LogP contribution in [0.1, 0.15) is 27.6 Å². The summed E-state index contributed by atoms with van der Waals surface area (Å²) in [6.45, 7) is 4.21. The molecule has 0 bridgehead atoms. The van der Waals surface area contributed by atoms with Crippen molar-refractivity contribution in [2.24, 2.45) is 0 Å². The van der Waals surface area contributed by atoms with Crippen LogP contribution >= 0.6 is 11.6 Å². The molecule has 1 aromatic carbocycles. The number of aromatic nitrogens is 1. The molecule has 1 unspecified atom stereocenters. The van der Waals surface area contributed by atoms with Crippen LogP contribution in [0.4, 0.5) is 0 Å². The van der Waals surface area contributed by atoms with Crippen LogP contribution in [0.2, 0.25) is 0 Å². The highest BCUT2D eigenvalue weighted by Crippen LogP contribution is 2.29. The van der Waals surface area contributed by atoms with E-state index in [4.69, 9.17) is 11.6 Å². The predicted molar refractivity (Wildman–Crippen MR) is 67.8 cm³/mol. The van der Waals surface area contributed by atoms with E-state index in [9.17, 15) is 0 Å². The van der Waals surface area contributed by atoms with Gasteiger partial charge in [-0.3, -0.25) is 4.98 Å². The molecule has 82 valence electrons. The van der Waals surface area contributed by atoms with Crippen LogP contribution in [-0.2, 0) is 0 Å². The van der Waals surface area contributed by atoms with Gasteiger partial charge in [0.25, 0.3) is 0 Å². The van der Waals surface area contributed by atoms with E-state index in [2.05, 4.69) is 37.0 Å². The van der Waals surface area contributed by atoms with Gasteiger partial charge >= 0.3 is 0 Å². The van der Waals surface area contributed by atoms with Crippen molar-refractivity contribution in [1.82, 2.24) is 4.98 Å². The molecule has 2 rings (SSSR count). The lowest BCUT2D eigenvalue weighted by atomic mass is 10.0. The average Bonchev–Trinajstić information content (AvgIpc) is 2.33. The lowest BCUT2D eigenvalue weighted by Crippen LogP contribution is -1.95. The molecule has 0 saturated carbocycles. The van der Waals surface area contributed by atoms with E-state index in [1.807, 2.05) is 18.3 Å². The second-order valence-electron chi connectivity index (χ2n) is 3.99. The van der Waals surface area contributed by atoms with Gasteiger partial charge in [0.1, 0.15) is 0 Å². The maximum Gasteiger partial charge on any atom is 0.0850 e. The van der Waals surface area contributed by atoms with E-state index in [0.29, 0.717) is 0 Å². The normalized spacial score (nSPS) is 12.4. The van der Waals surface area contributed by atoms with Crippen molar-refractivity contribution < 1.29 is 0 Å². The molecule has 1 aromatic heterocycles. The SMILES string of the molecule is Cc1ccc(C(Cl)c2cccnc2)cc1C. The first-order chi connectivity index (χ1) is 7.68. The topological polar surface area (TPSA) is 12.9 Å². The molecule has 0 spiro atoms. The zero-order chi connectivity index (χ0) is 11.5. The molecule has 0 N–H and O–H groups in total. The number of benzene rings is 1. The number of pyridine rings is 1. The molecule has 0 aliphatic heterocycles. The van der Waals surface area contributed by atoms with Gasteiger partial charge in [0.05, 0.1) is 5.38 Å². The summed E-state index contributed by atoms with van der Waals surface area (Å²) < 4.78 is 0. The monoisotopic (exact) mass is 231 g/mol. The number of hydrogen-bond donors (Lipinski definition) is 0. The zero-order valence-electron chi connectivity index (χ0n) is 9.44. The molecule has 0 amide bonds. The Balaban J connectivity index is 2.34. The minimum Gasteiger partial charge on any atom is -0.264 e. The van der Waals surface area contributed by atoms with E-state index >= 15 is 0 Å². The number of halogens is 1. The highest BCUT2D eigenvalue weighted by atomic mass is 35.5. The highest BCUT2D eigenvalue weighted by molar-refractivity contribution is 6.22. The van der Waals surface area contributed by atoms with Crippen LogP contribution in [0, 0.1) is 13.8 Å². The third-order valence-electron chi connectivity index (χ3n) is 2.80. The molecule has 1 atom stereocenters. The molecule has 1 nitrogen and oxygen atoms in total. The molecule has 0 fully saturated rings. The lowest BCUT2D eigenvalue weighted by Gasteiger charge is -2.11. The summed E-state index contributed by atoms with van der Waals surface area (Å²) in [6, 6.07) is 10.2. The molecular formula is C14H14ClN. The molecule has 16 heavy (non-hydrogen) atoms. The van der Waals surface area contributed by atoms with Crippen molar-refractivity contribution in [3.63, 3.8) is 0 Å². The fourth-order valence-corrected chi connectivity index (χ4v) is 1.91. The van der Waals surface area contributed by atoms with E-state index in [-0.39, 0.29) is 5.38 Å². The third kappa shape index (κ3) is 2.25. The second kappa shape index (κ2) is 4.67. The van der Waals surface area contributed by atoms with Crippen molar-refractivity contribution in [3.8, 4) is 0 Å². The molecule has 0 aliphatic carbocycles. The van der Waals surface area contributed by atoms with Crippen LogP contribution in [0.15, 0.2) is 42.7 Å². The predicted octanol–water partition coefficient (Wildman–Crippen LogP) is 4.03. The Morgan fingerprint density at radius 2 is 1.88 bits per heavy atom. The molecule has 0 aliphatic rings. The van der Waals surface area contributed by atoms with Crippen molar-refractivity contribution in [1.29, 1.82) is 0 Å². The van der Waals surface area contributed by atoms with E-state index in [1.165, 1.54) is 11.1 Å². The van der Waals surface area contributed by atoms with Gasteiger partial charge in [0.15, 0.2) is 0 Å². The summed E-state index contributed by atoms with van der Waals surface area (Å²) in [5, 5.41) is -0.118. The quantitative estimate of drug-likeness (QED) is 0.712. The first kappa shape index (κ1) is 11.2. The number of hydrogen-bond acceptors (Lipinski definition) is 1. The van der Waals surface area contributed by atoms with Crippen molar-refractivity contribution in [3.05, 3.63) is 65.0 Å². The maximum atomic E-state index is 6.42. The smallest absolute Gasteiger partial charge is 0.0850 e. The first-order valence-electron chi connectivity index (χ1n) is 5.29. The molecule has 0 saturated heterocycles. The van der Waals surface area contributed by atoms with E-state index in [1.54, 1.807) is 6.20 Å². The largest absolute Gasteiger partial charge is 0.264 e. The van der Waals surface area contributed by atoms with E-state index in [0.717, 1.165) is 11.1 Å². The second-order valence-corrected chi connectivity index (χ2v) is 4.43. The summed E-state index contributed by atoms with van der Waals surface area (Å²) in [5.74, 6) is 0. The van der Waals surface area contributed by atoms with Crippen molar-refractivity contribution in [2.75, 3.05) is 0 Å². The lowest BCUT2D eigenvalue weighted by molar-refractivity contribution is 1.09. The van der Waals surface area contributed by atoms with Crippen LogP contribution in [0.3, 0.4) is 0 Å². The molecule has 2 heteroatoms. The Kier molecular flexibility index (Phi) is 3.25. The Morgan fingerprint density at radius 1 is 1.06 bits per heavy atom. The standard InChI is InChI=1S/C14H14ClN/c1-10-5-6-12(8-11(10)2)14(15)13-4-3-7-16-9-13/h3-9,14H,1-2H3. The van der Waals surface area contributed by atoms with Crippen molar-refractivity contribution >= 4 is 11.6 Å². The number of nitrogens with zero attached hydrogens (tertiary/aromatic N) is 1. The molecule has 0 radical (unpaired) electrons. The molecular weight excluding hydrogens is 218 g/mol. The van der Waals surface area contributed by atoms with Gasteiger partial charge in [0, 0.05) is 12.4 Å². The van der Waals surface area contributed by atoms with E-state index < -0.39 is 0 Å². The van der Waals surface area contributed by atoms with Gasteiger partial charge < -0.3 is 0 Å². The summed E-state index contributed by atoms with van der Waals surface area (Å²) in [5.41, 5.74) is 4.72. The van der Waals surface area contributed by atoms with Crippen LogP contribution < -0.4 is 0 Å². The minimum atomic E-state index is -0.118. The number of rotatable bonds is 2. The summed E-state index contributed by atoms with van der Waals surface area (Å²) in [6.07, 6.45) is 3.57. The Labute approximate surface area is 101 Å². The fourth-order valence-electron chi connectivity index (χ4n) is 1.64. The van der Waals surface area contributed by atoms with Crippen LogP contribution in [0.5, 0.6) is 0 Å². The summed E-state index contributed by atoms with van der Waals surface area (Å²) >= 11 is 6.42. The Hall–Kier alpha value is -1.34. The highest BCUT2D eigenvalue weighted by Gasteiger charge is 2.10. The number of aryl methyl sites for hydroxylation is 2. The Morgan fingerprint density at radius 3 is 2.50 bits per heavy atom. The van der Waals surface area contributed by atoms with Gasteiger partial charge in [-0.15, -0.1) is 11.6 Å². The van der Waals surface area contributed by atoms with Gasteiger partial charge in [-0.2, -0.15) is 0 Å². The summed E-state index contributed by atoms with van der Waals surface area (Å²) in [4.78, 5) is 4.09. The maximum absolute atomic E-state index is 6.42. The summed E-state index contributed by atoms with van der Waals surface area (Å²) in [7, 11) is 0. The van der Waals surface area contributed by atoms with Gasteiger partial charge in [-0.25, -0.2) is 0 Å². The fraction of sp³-hybridized carbons (Fsp3) is 0.214. The van der Waals surface area contributed by atoms with Crippen LogP contribution in [0.25, 0.3) is 0 Å². The van der Waals surface area contributed by atoms with Gasteiger partial charge in [-0.1, -0.05) is 24.3 Å². The molecule has 1 heterocycles. The van der Waals surface area contributed by atoms with Gasteiger partial charge in [0.2, 0.25) is 0 Å². The van der Waals surface area contributed by atoms with Crippen LogP contribution in [-0.4, -0.2) is 4.98 Å². The van der Waals surface area contributed by atoms with Gasteiger partial charge in [-0.05, 0) is 42.2 Å². The van der Waals surface area contributed by atoms with Crippen molar-refractivity contribution in [2.45, 2.75) is 19.2 Å². The Bertz CT molecular complexity index is 479. The minimum absolute atomic E-state index is 0.118.